The maximum absolute atomic E-state index is 13.3. The van der Waals surface area contributed by atoms with Gasteiger partial charge in [-0.05, 0) is 44.4 Å². The molecule has 1 aromatic carbocycles. The van der Waals surface area contributed by atoms with Crippen molar-refractivity contribution >= 4 is 11.6 Å². The summed E-state index contributed by atoms with van der Waals surface area (Å²) in [6.07, 6.45) is 2.65. The first-order valence-electron chi connectivity index (χ1n) is 9.51. The molecule has 26 heavy (non-hydrogen) atoms. The number of aromatic nitrogens is 2. The Morgan fingerprint density at radius 2 is 1.88 bits per heavy atom. The third kappa shape index (κ3) is 3.21. The van der Waals surface area contributed by atoms with Gasteiger partial charge in [-0.25, -0.2) is 0 Å². The molecule has 0 radical (unpaired) electrons. The number of amides is 1. The molecule has 6 heteroatoms. The number of anilines is 1. The first-order valence-corrected chi connectivity index (χ1v) is 9.51. The Morgan fingerprint density at radius 3 is 2.65 bits per heavy atom. The predicted molar refractivity (Wildman–Crippen MR) is 100 cm³/mol. The van der Waals surface area contributed by atoms with Crippen molar-refractivity contribution in [3.8, 4) is 0 Å². The van der Waals surface area contributed by atoms with Crippen LogP contribution in [-0.4, -0.2) is 45.3 Å². The van der Waals surface area contributed by atoms with Crippen molar-refractivity contribution < 1.29 is 9.90 Å². The molecule has 2 aliphatic heterocycles. The molecule has 1 N–H and O–H groups in total. The molecule has 1 amide bonds. The third-order valence-electron chi connectivity index (χ3n) is 5.33. The largest absolute Gasteiger partial charge is 0.387 e. The van der Waals surface area contributed by atoms with Crippen LogP contribution in [0.4, 0.5) is 5.69 Å². The highest BCUT2D eigenvalue weighted by molar-refractivity contribution is 5.99. The van der Waals surface area contributed by atoms with Crippen LogP contribution in [0.15, 0.2) is 30.3 Å². The summed E-state index contributed by atoms with van der Waals surface area (Å²) in [6, 6.07) is 9.88. The van der Waals surface area contributed by atoms with Gasteiger partial charge in [-0.1, -0.05) is 12.1 Å². The summed E-state index contributed by atoms with van der Waals surface area (Å²) in [5, 5.41) is 14.3. The molecule has 1 atom stereocenters. The molecule has 2 aromatic rings. The molecule has 0 unspecified atom stereocenters. The van der Waals surface area contributed by atoms with Gasteiger partial charge >= 0.3 is 0 Å². The fourth-order valence-electron chi connectivity index (χ4n) is 3.92. The molecule has 6 nitrogen and oxygen atoms in total. The zero-order chi connectivity index (χ0) is 18.1. The average Bonchev–Trinajstić information content (AvgIpc) is 3.27. The molecule has 1 aromatic heterocycles. The van der Waals surface area contributed by atoms with Gasteiger partial charge in [0.15, 0.2) is 0 Å². The van der Waals surface area contributed by atoms with Crippen LogP contribution in [0.5, 0.6) is 0 Å². The van der Waals surface area contributed by atoms with Gasteiger partial charge in [0.1, 0.15) is 0 Å². The third-order valence-corrected chi connectivity index (χ3v) is 5.33. The minimum Gasteiger partial charge on any atom is -0.387 e. The number of fused-ring (bicyclic) bond motifs is 1. The monoisotopic (exact) mass is 354 g/mol. The highest BCUT2D eigenvalue weighted by atomic mass is 16.3. The van der Waals surface area contributed by atoms with E-state index in [4.69, 9.17) is 0 Å². The number of aryl methyl sites for hydroxylation is 1. The molecular formula is C20H26N4O2. The van der Waals surface area contributed by atoms with Gasteiger partial charge in [0.25, 0.3) is 5.91 Å². The van der Waals surface area contributed by atoms with Crippen LogP contribution in [0.25, 0.3) is 0 Å². The number of carbonyl (C=O) groups is 1. The second-order valence-electron chi connectivity index (χ2n) is 7.25. The van der Waals surface area contributed by atoms with Crippen LogP contribution in [0.3, 0.4) is 0 Å². The zero-order valence-corrected chi connectivity index (χ0v) is 15.3. The van der Waals surface area contributed by atoms with Crippen LogP contribution >= 0.6 is 0 Å². The lowest BCUT2D eigenvalue weighted by Crippen LogP contribution is -2.32. The van der Waals surface area contributed by atoms with Crippen molar-refractivity contribution in [2.75, 3.05) is 24.5 Å². The van der Waals surface area contributed by atoms with Gasteiger partial charge in [0, 0.05) is 31.9 Å². The molecular weight excluding hydrogens is 328 g/mol. The van der Waals surface area contributed by atoms with E-state index in [9.17, 15) is 9.90 Å². The van der Waals surface area contributed by atoms with Gasteiger partial charge in [-0.3, -0.25) is 9.48 Å². The van der Waals surface area contributed by atoms with Crippen LogP contribution < -0.4 is 4.90 Å². The molecule has 1 fully saturated rings. The summed E-state index contributed by atoms with van der Waals surface area (Å²) in [7, 11) is 0. The number of hydrogen-bond acceptors (Lipinski definition) is 4. The zero-order valence-electron chi connectivity index (χ0n) is 15.3. The highest BCUT2D eigenvalue weighted by Gasteiger charge is 2.26. The quantitative estimate of drug-likeness (QED) is 0.920. The van der Waals surface area contributed by atoms with E-state index < -0.39 is 6.10 Å². The Labute approximate surface area is 154 Å². The number of carbonyl (C=O) groups excluding carboxylic acids is 1. The minimum atomic E-state index is -0.588. The van der Waals surface area contributed by atoms with Gasteiger partial charge < -0.3 is 14.9 Å². The fraction of sp³-hybridized carbons (Fsp3) is 0.500. The lowest BCUT2D eigenvalue weighted by molar-refractivity contribution is 0.0746. The minimum absolute atomic E-state index is 0.0840. The van der Waals surface area contributed by atoms with E-state index in [1.54, 1.807) is 6.92 Å². The second kappa shape index (κ2) is 7.11. The lowest BCUT2D eigenvalue weighted by Gasteiger charge is -2.25. The van der Waals surface area contributed by atoms with E-state index in [1.165, 1.54) is 12.8 Å². The highest BCUT2D eigenvalue weighted by Crippen LogP contribution is 2.27. The maximum atomic E-state index is 13.3. The van der Waals surface area contributed by atoms with E-state index in [1.807, 2.05) is 33.8 Å². The number of hydrogen-bond donors (Lipinski definition) is 1. The molecule has 138 valence electrons. The van der Waals surface area contributed by atoms with Gasteiger partial charge in [-0.15, -0.1) is 0 Å². The fourth-order valence-corrected chi connectivity index (χ4v) is 3.92. The summed E-state index contributed by atoms with van der Waals surface area (Å²) in [6.45, 7) is 5.80. The topological polar surface area (TPSA) is 61.6 Å². The summed E-state index contributed by atoms with van der Waals surface area (Å²) >= 11 is 0. The molecule has 0 aliphatic carbocycles. The SMILES string of the molecule is C[C@H](O)c1cc2n(n1)CCCN(C(=O)c1ccccc1N1CCCC1)C2. The van der Waals surface area contributed by atoms with E-state index >= 15 is 0 Å². The molecule has 0 saturated carbocycles. The Balaban J connectivity index is 1.60. The summed E-state index contributed by atoms with van der Waals surface area (Å²) < 4.78 is 1.93. The molecule has 3 heterocycles. The smallest absolute Gasteiger partial charge is 0.256 e. The van der Waals surface area contributed by atoms with Crippen LogP contribution in [0, 0.1) is 0 Å². The normalized spacial score (nSPS) is 18.5. The predicted octanol–water partition coefficient (Wildman–Crippen LogP) is 2.58. The van der Waals surface area contributed by atoms with Crippen molar-refractivity contribution in [1.29, 1.82) is 0 Å². The summed E-state index contributed by atoms with van der Waals surface area (Å²) in [4.78, 5) is 17.5. The first kappa shape index (κ1) is 17.1. The van der Waals surface area contributed by atoms with Gasteiger partial charge in [0.2, 0.25) is 0 Å². The summed E-state index contributed by atoms with van der Waals surface area (Å²) in [5.41, 5.74) is 3.51. The van der Waals surface area contributed by atoms with Gasteiger partial charge in [0.05, 0.1) is 29.6 Å². The van der Waals surface area contributed by atoms with E-state index in [-0.39, 0.29) is 5.91 Å². The Bertz CT molecular complexity index is 793. The number of nitrogens with zero attached hydrogens (tertiary/aromatic N) is 4. The Morgan fingerprint density at radius 1 is 1.12 bits per heavy atom. The number of aliphatic hydroxyl groups is 1. The summed E-state index contributed by atoms with van der Waals surface area (Å²) in [5.74, 6) is 0.0840. The number of para-hydroxylation sites is 1. The molecule has 1 saturated heterocycles. The average molecular weight is 354 g/mol. The lowest BCUT2D eigenvalue weighted by atomic mass is 10.1. The van der Waals surface area contributed by atoms with E-state index in [0.29, 0.717) is 12.2 Å². The van der Waals surface area contributed by atoms with Crippen molar-refractivity contribution in [2.45, 2.75) is 45.4 Å². The van der Waals surface area contributed by atoms with Crippen LogP contribution in [-0.2, 0) is 13.1 Å². The Kier molecular flexibility index (Phi) is 4.68. The van der Waals surface area contributed by atoms with Crippen molar-refractivity contribution in [3.05, 3.63) is 47.3 Å². The number of rotatable bonds is 3. The second-order valence-corrected chi connectivity index (χ2v) is 7.25. The van der Waals surface area contributed by atoms with Crippen LogP contribution in [0.2, 0.25) is 0 Å². The number of benzene rings is 1. The molecule has 4 rings (SSSR count). The van der Waals surface area contributed by atoms with E-state index in [0.717, 1.165) is 49.5 Å². The first-order chi connectivity index (χ1) is 12.6. The number of aliphatic hydroxyl groups excluding tert-OH is 1. The van der Waals surface area contributed by atoms with Crippen LogP contribution in [0.1, 0.15) is 54.0 Å². The molecule has 2 aliphatic rings. The van der Waals surface area contributed by atoms with Crippen molar-refractivity contribution in [2.24, 2.45) is 0 Å². The van der Waals surface area contributed by atoms with Crippen molar-refractivity contribution in [3.63, 3.8) is 0 Å². The Hall–Kier alpha value is -2.34. The standard InChI is InChI=1S/C20H26N4O2/c1-15(25)18-13-16-14-23(11-6-12-24(16)21-18)20(26)17-7-2-3-8-19(17)22-9-4-5-10-22/h2-3,7-8,13,15,25H,4-6,9-12,14H2,1H3/t15-/m0/s1. The van der Waals surface area contributed by atoms with Gasteiger partial charge in [-0.2, -0.15) is 5.10 Å². The van der Waals surface area contributed by atoms with Crippen molar-refractivity contribution in [1.82, 2.24) is 14.7 Å². The molecule has 0 spiro atoms. The molecule has 0 bridgehead atoms. The maximum Gasteiger partial charge on any atom is 0.256 e. The van der Waals surface area contributed by atoms with E-state index in [2.05, 4.69) is 16.1 Å².